The molecule has 0 fully saturated rings. The van der Waals surface area contributed by atoms with E-state index in [1.54, 1.807) is 69.8 Å². The summed E-state index contributed by atoms with van der Waals surface area (Å²) < 4.78 is 10.5. The van der Waals surface area contributed by atoms with Crippen molar-refractivity contribution in [3.05, 3.63) is 82.9 Å². The van der Waals surface area contributed by atoms with Crippen LogP contribution in [0.3, 0.4) is 0 Å². The number of carbonyl (C=O) groups excluding carboxylic acids is 2. The average Bonchev–Trinajstić information content (AvgIpc) is 2.91. The number of carbonyl (C=O) groups is 2. The molecule has 41 heavy (non-hydrogen) atoms. The molecule has 0 heterocycles. The maximum atomic E-state index is 13.6. The molecule has 0 bridgehead atoms. The van der Waals surface area contributed by atoms with Gasteiger partial charge in [0.2, 0.25) is 5.91 Å². The zero-order valence-electron chi connectivity index (χ0n) is 25.8. The van der Waals surface area contributed by atoms with Crippen LogP contribution in [0.5, 0.6) is 17.2 Å². The maximum absolute atomic E-state index is 13.6. The lowest BCUT2D eigenvalue weighted by Crippen LogP contribution is -2.38. The Balaban J connectivity index is 1.88. The largest absolute Gasteiger partial charge is 0.507 e. The number of hydrogen-bond donors (Lipinski definition) is 2. The van der Waals surface area contributed by atoms with Gasteiger partial charge in [-0.2, -0.15) is 0 Å². The number of likely N-dealkylation sites (N-methyl/N-ethyl adjacent to an activating group) is 1. The number of phenols is 1. The van der Waals surface area contributed by atoms with Crippen molar-refractivity contribution in [1.82, 2.24) is 4.90 Å². The zero-order chi connectivity index (χ0) is 30.5. The van der Waals surface area contributed by atoms with Crippen LogP contribution in [0.4, 0.5) is 5.69 Å². The summed E-state index contributed by atoms with van der Waals surface area (Å²) >= 11 is 0. The number of amides is 2. The van der Waals surface area contributed by atoms with Gasteiger partial charge in [0.15, 0.2) is 0 Å². The Morgan fingerprint density at radius 3 is 1.73 bits per heavy atom. The van der Waals surface area contributed by atoms with E-state index in [0.717, 1.165) is 16.7 Å². The van der Waals surface area contributed by atoms with E-state index >= 15 is 0 Å². The summed E-state index contributed by atoms with van der Waals surface area (Å²) in [5, 5.41) is 14.0. The number of benzene rings is 3. The summed E-state index contributed by atoms with van der Waals surface area (Å²) in [4.78, 5) is 28.7. The number of methoxy groups -OCH3 is 2. The van der Waals surface area contributed by atoms with Gasteiger partial charge in [-0.05, 0) is 75.9 Å². The third-order valence-corrected chi connectivity index (χ3v) is 7.23. The molecule has 7 nitrogen and oxygen atoms in total. The van der Waals surface area contributed by atoms with Crippen molar-refractivity contribution in [3.8, 4) is 17.2 Å². The minimum absolute atomic E-state index is 0.168. The topological polar surface area (TPSA) is 88.1 Å². The van der Waals surface area contributed by atoms with E-state index in [2.05, 4.69) is 46.9 Å². The van der Waals surface area contributed by atoms with Gasteiger partial charge in [0.05, 0.1) is 14.2 Å². The second kappa shape index (κ2) is 12.7. The molecule has 0 aliphatic heterocycles. The number of aromatic hydroxyl groups is 1. The maximum Gasteiger partial charge on any atom is 0.251 e. The number of nitrogens with one attached hydrogen (secondary N) is 1. The second-order valence-electron chi connectivity index (χ2n) is 12.4. The van der Waals surface area contributed by atoms with E-state index in [4.69, 9.17) is 9.47 Å². The third kappa shape index (κ3) is 7.81. The van der Waals surface area contributed by atoms with Crippen LogP contribution in [-0.4, -0.2) is 43.1 Å². The highest BCUT2D eigenvalue weighted by Gasteiger charge is 2.30. The molecule has 7 heteroatoms. The monoisotopic (exact) mass is 560 g/mol. The van der Waals surface area contributed by atoms with E-state index in [9.17, 15) is 14.7 Å². The quantitative estimate of drug-likeness (QED) is 0.301. The number of anilines is 1. The highest BCUT2D eigenvalue weighted by atomic mass is 16.5. The number of phenolic OH excluding ortho intramolecular Hbond substituents is 1. The number of ether oxygens (including phenoxy) is 2. The van der Waals surface area contributed by atoms with Gasteiger partial charge in [-0.25, -0.2) is 0 Å². The van der Waals surface area contributed by atoms with Gasteiger partial charge >= 0.3 is 0 Å². The molecule has 2 amide bonds. The van der Waals surface area contributed by atoms with Crippen molar-refractivity contribution in [2.45, 2.75) is 71.3 Å². The van der Waals surface area contributed by atoms with Crippen LogP contribution in [0.15, 0.2) is 60.7 Å². The van der Waals surface area contributed by atoms with Crippen LogP contribution in [0, 0.1) is 0 Å². The number of rotatable bonds is 9. The minimum Gasteiger partial charge on any atom is -0.507 e. The van der Waals surface area contributed by atoms with Crippen LogP contribution in [0.2, 0.25) is 0 Å². The van der Waals surface area contributed by atoms with Gasteiger partial charge in [-0.1, -0.05) is 65.8 Å². The summed E-state index contributed by atoms with van der Waals surface area (Å²) in [5.41, 5.74) is 3.43. The van der Waals surface area contributed by atoms with Gasteiger partial charge < -0.3 is 24.8 Å². The molecule has 0 aliphatic rings. The Kier molecular flexibility index (Phi) is 9.74. The lowest BCUT2D eigenvalue weighted by Gasteiger charge is -2.29. The molecule has 0 unspecified atom stereocenters. The third-order valence-electron chi connectivity index (χ3n) is 7.23. The molecule has 0 saturated carbocycles. The molecule has 0 radical (unpaired) electrons. The molecule has 3 rings (SSSR count). The van der Waals surface area contributed by atoms with Crippen molar-refractivity contribution in [2.24, 2.45) is 0 Å². The molecule has 3 aromatic rings. The van der Waals surface area contributed by atoms with Gasteiger partial charge in [-0.3, -0.25) is 9.59 Å². The van der Waals surface area contributed by atoms with Crippen LogP contribution in [0.1, 0.15) is 76.3 Å². The van der Waals surface area contributed by atoms with Crippen LogP contribution in [-0.2, 0) is 26.8 Å². The Morgan fingerprint density at radius 1 is 0.829 bits per heavy atom. The fraction of sp³-hybridized carbons (Fsp3) is 0.412. The zero-order valence-corrected chi connectivity index (χ0v) is 25.8. The van der Waals surface area contributed by atoms with E-state index < -0.39 is 6.04 Å². The van der Waals surface area contributed by atoms with Crippen molar-refractivity contribution in [2.75, 3.05) is 26.6 Å². The molecule has 0 saturated heterocycles. The van der Waals surface area contributed by atoms with Gasteiger partial charge in [0, 0.05) is 19.2 Å². The van der Waals surface area contributed by atoms with Crippen molar-refractivity contribution >= 4 is 17.5 Å². The van der Waals surface area contributed by atoms with Gasteiger partial charge in [0.1, 0.15) is 23.3 Å². The van der Waals surface area contributed by atoms with Crippen molar-refractivity contribution in [3.63, 3.8) is 0 Å². The van der Waals surface area contributed by atoms with E-state index in [0.29, 0.717) is 34.9 Å². The summed E-state index contributed by atoms with van der Waals surface area (Å²) in [6.45, 7) is 12.4. The van der Waals surface area contributed by atoms with Gasteiger partial charge in [0.25, 0.3) is 5.91 Å². The standard InChI is InChI=1S/C34H44N2O5/c1-33(2,3)27-20-22(21-28(31(27)38)34(4,5)6)10-19-29(37)36(7)30(23-11-15-25(40-8)16-12-23)32(39)35-24-13-17-26(41-9)18-14-24/h11-18,20-21,30,38H,10,19H2,1-9H3,(H,35,39)/t30-/m0/s1. The predicted octanol–water partition coefficient (Wildman–Crippen LogP) is 6.78. The van der Waals surface area contributed by atoms with Gasteiger partial charge in [-0.15, -0.1) is 0 Å². The Bertz CT molecular complexity index is 1310. The van der Waals surface area contributed by atoms with E-state index in [1.165, 1.54) is 4.90 Å². The minimum atomic E-state index is -0.856. The molecule has 3 aromatic carbocycles. The first-order valence-corrected chi connectivity index (χ1v) is 13.9. The number of hydrogen-bond acceptors (Lipinski definition) is 5. The Labute approximate surface area is 244 Å². The first kappa shape index (κ1) is 31.5. The fourth-order valence-corrected chi connectivity index (χ4v) is 4.78. The van der Waals surface area contributed by atoms with Crippen LogP contribution in [0.25, 0.3) is 0 Å². The highest BCUT2D eigenvalue weighted by molar-refractivity contribution is 5.98. The first-order valence-electron chi connectivity index (χ1n) is 13.9. The molecule has 220 valence electrons. The Morgan fingerprint density at radius 2 is 1.29 bits per heavy atom. The normalized spacial score (nSPS) is 12.4. The summed E-state index contributed by atoms with van der Waals surface area (Å²) in [5.74, 6) is 1.16. The molecule has 1 atom stereocenters. The van der Waals surface area contributed by atoms with E-state index in [1.807, 2.05) is 12.1 Å². The summed E-state index contributed by atoms with van der Waals surface area (Å²) in [6.07, 6.45) is 0.682. The van der Waals surface area contributed by atoms with E-state index in [-0.39, 0.29) is 29.1 Å². The first-order chi connectivity index (χ1) is 19.1. The van der Waals surface area contributed by atoms with Crippen molar-refractivity contribution in [1.29, 1.82) is 0 Å². The predicted molar refractivity (Wildman–Crippen MR) is 164 cm³/mol. The average molecular weight is 561 g/mol. The lowest BCUT2D eigenvalue weighted by atomic mass is 9.78. The summed E-state index contributed by atoms with van der Waals surface area (Å²) in [7, 11) is 4.82. The lowest BCUT2D eigenvalue weighted by molar-refractivity contribution is -0.137. The number of nitrogens with zero attached hydrogens (tertiary/aromatic N) is 1. The molecular weight excluding hydrogens is 516 g/mol. The second-order valence-corrected chi connectivity index (χ2v) is 12.4. The van der Waals surface area contributed by atoms with Crippen molar-refractivity contribution < 1.29 is 24.2 Å². The molecular formula is C34H44N2O5. The van der Waals surface area contributed by atoms with Crippen LogP contribution < -0.4 is 14.8 Å². The smallest absolute Gasteiger partial charge is 0.251 e. The molecule has 0 aromatic heterocycles. The summed E-state index contributed by atoms with van der Waals surface area (Å²) in [6, 6.07) is 17.3. The molecule has 0 spiro atoms. The number of aryl methyl sites for hydroxylation is 1. The highest BCUT2D eigenvalue weighted by Crippen LogP contribution is 2.40. The Hall–Kier alpha value is -4.00. The fourth-order valence-electron chi connectivity index (χ4n) is 4.78. The molecule has 2 N–H and O–H groups in total. The molecule has 0 aliphatic carbocycles. The van der Waals surface area contributed by atoms with Crippen LogP contribution >= 0.6 is 0 Å². The SMILES string of the molecule is COc1ccc(NC(=O)[C@H](c2ccc(OC)cc2)N(C)C(=O)CCc2cc(C(C)(C)C)c(O)c(C(C)(C)C)c2)cc1.